The number of methoxy groups -OCH3 is 1. The predicted octanol–water partition coefficient (Wildman–Crippen LogP) is 2.97. The fourth-order valence-electron chi connectivity index (χ4n) is 3.38. The van der Waals surface area contributed by atoms with Crippen LogP contribution in [-0.2, 0) is 0 Å². The number of rotatable bonds is 6. The fraction of sp³-hybridized carbons (Fsp3) is 0.400. The molecular weight excluding hydrogens is 314 g/mol. The summed E-state index contributed by atoms with van der Waals surface area (Å²) in [5, 5.41) is 3.05. The largest absolute Gasteiger partial charge is 0.496 e. The van der Waals surface area contributed by atoms with E-state index >= 15 is 0 Å². The quantitative estimate of drug-likeness (QED) is 0.879. The zero-order valence-corrected chi connectivity index (χ0v) is 14.9. The first kappa shape index (κ1) is 17.4. The van der Waals surface area contributed by atoms with E-state index in [1.165, 1.54) is 12.8 Å². The Balaban J connectivity index is 1.77. The van der Waals surface area contributed by atoms with E-state index in [-0.39, 0.29) is 11.9 Å². The van der Waals surface area contributed by atoms with E-state index in [1.807, 2.05) is 37.3 Å². The molecule has 0 saturated carbocycles. The maximum absolute atomic E-state index is 12.5. The van der Waals surface area contributed by atoms with Gasteiger partial charge in [0.05, 0.1) is 13.2 Å². The normalized spacial score (nSPS) is 15.8. The van der Waals surface area contributed by atoms with Gasteiger partial charge in [-0.05, 0) is 51.1 Å². The van der Waals surface area contributed by atoms with Crippen molar-refractivity contribution < 1.29 is 9.53 Å². The number of likely N-dealkylation sites (tertiary alicyclic amines) is 1. The third kappa shape index (κ3) is 4.17. The molecule has 5 nitrogen and oxygen atoms in total. The Hall–Kier alpha value is -2.40. The number of hydrogen-bond donors (Lipinski definition) is 1. The number of ether oxygens (including phenoxy) is 1. The number of carbonyl (C=O) groups excluding carboxylic acids is 1. The van der Waals surface area contributed by atoms with Crippen LogP contribution in [0, 0.1) is 6.92 Å². The number of hydrogen-bond acceptors (Lipinski definition) is 4. The van der Waals surface area contributed by atoms with Crippen LogP contribution >= 0.6 is 0 Å². The zero-order valence-electron chi connectivity index (χ0n) is 14.9. The zero-order chi connectivity index (χ0) is 17.6. The van der Waals surface area contributed by atoms with Gasteiger partial charge in [-0.1, -0.05) is 24.3 Å². The highest BCUT2D eigenvalue weighted by molar-refractivity contribution is 5.92. The highest BCUT2D eigenvalue weighted by Crippen LogP contribution is 2.31. The maximum atomic E-state index is 12.5. The van der Waals surface area contributed by atoms with Crippen molar-refractivity contribution in [1.82, 2.24) is 15.2 Å². The lowest BCUT2D eigenvalue weighted by molar-refractivity contribution is 0.0932. The summed E-state index contributed by atoms with van der Waals surface area (Å²) < 4.78 is 5.54. The molecular formula is C20H25N3O2. The molecule has 132 valence electrons. The molecule has 1 atom stereocenters. The molecule has 0 spiro atoms. The van der Waals surface area contributed by atoms with E-state index < -0.39 is 0 Å². The highest BCUT2D eigenvalue weighted by Gasteiger charge is 2.26. The van der Waals surface area contributed by atoms with Crippen LogP contribution in [0.4, 0.5) is 0 Å². The molecule has 2 aromatic rings. The average molecular weight is 339 g/mol. The van der Waals surface area contributed by atoms with Crippen molar-refractivity contribution >= 4 is 5.91 Å². The van der Waals surface area contributed by atoms with Gasteiger partial charge >= 0.3 is 0 Å². The number of para-hydroxylation sites is 1. The smallest absolute Gasteiger partial charge is 0.269 e. The minimum Gasteiger partial charge on any atom is -0.496 e. The summed E-state index contributed by atoms with van der Waals surface area (Å²) in [6, 6.07) is 13.6. The van der Waals surface area contributed by atoms with Crippen molar-refractivity contribution in [3.05, 3.63) is 59.4 Å². The standard InChI is InChI=1S/C20H25N3O2/c1-15-8-7-10-17(22-15)20(24)21-14-18(23-12-5-6-13-23)16-9-3-4-11-19(16)25-2/h3-4,7-11,18H,5-6,12-14H2,1-2H3,(H,21,24). The highest BCUT2D eigenvalue weighted by atomic mass is 16.5. The van der Waals surface area contributed by atoms with Gasteiger partial charge in [-0.2, -0.15) is 0 Å². The monoisotopic (exact) mass is 339 g/mol. The number of pyridine rings is 1. The van der Waals surface area contributed by atoms with Crippen LogP contribution in [-0.4, -0.2) is 42.5 Å². The van der Waals surface area contributed by atoms with Gasteiger partial charge in [0.25, 0.3) is 5.91 Å². The lowest BCUT2D eigenvalue weighted by Gasteiger charge is -2.29. The summed E-state index contributed by atoms with van der Waals surface area (Å²) in [5.41, 5.74) is 2.41. The number of nitrogens with one attached hydrogen (secondary N) is 1. The van der Waals surface area contributed by atoms with Crippen molar-refractivity contribution in [1.29, 1.82) is 0 Å². The van der Waals surface area contributed by atoms with Crippen LogP contribution in [0.2, 0.25) is 0 Å². The Morgan fingerprint density at radius 1 is 1.20 bits per heavy atom. The summed E-state index contributed by atoms with van der Waals surface area (Å²) in [5.74, 6) is 0.727. The Bertz CT molecular complexity index is 726. The second kappa shape index (κ2) is 8.12. The maximum Gasteiger partial charge on any atom is 0.269 e. The second-order valence-corrected chi connectivity index (χ2v) is 6.38. The topological polar surface area (TPSA) is 54.5 Å². The van der Waals surface area contributed by atoms with E-state index in [9.17, 15) is 4.79 Å². The van der Waals surface area contributed by atoms with Crippen LogP contribution in [0.1, 0.15) is 40.6 Å². The summed E-state index contributed by atoms with van der Waals surface area (Å²) in [6.45, 7) is 4.51. The second-order valence-electron chi connectivity index (χ2n) is 6.38. The molecule has 1 N–H and O–H groups in total. The summed E-state index contributed by atoms with van der Waals surface area (Å²) in [6.07, 6.45) is 2.39. The first-order valence-corrected chi connectivity index (χ1v) is 8.78. The van der Waals surface area contributed by atoms with Crippen molar-refractivity contribution in [2.75, 3.05) is 26.7 Å². The molecule has 1 aliphatic heterocycles. The Labute approximate surface area is 149 Å². The average Bonchev–Trinajstić information content (AvgIpc) is 3.16. The fourth-order valence-corrected chi connectivity index (χ4v) is 3.38. The van der Waals surface area contributed by atoms with Crippen LogP contribution in [0.3, 0.4) is 0 Å². The first-order chi connectivity index (χ1) is 12.2. The SMILES string of the molecule is COc1ccccc1C(CNC(=O)c1cccc(C)n1)N1CCCC1. The number of aryl methyl sites for hydroxylation is 1. The van der Waals surface area contributed by atoms with E-state index in [0.717, 1.165) is 30.1 Å². The van der Waals surface area contributed by atoms with Crippen molar-refractivity contribution in [2.45, 2.75) is 25.8 Å². The van der Waals surface area contributed by atoms with Gasteiger partial charge in [-0.25, -0.2) is 4.98 Å². The molecule has 1 unspecified atom stereocenters. The molecule has 5 heteroatoms. The molecule has 1 aliphatic rings. The van der Waals surface area contributed by atoms with Gasteiger partial charge in [0.15, 0.2) is 0 Å². The van der Waals surface area contributed by atoms with Crippen LogP contribution < -0.4 is 10.1 Å². The van der Waals surface area contributed by atoms with Crippen LogP contribution in [0.5, 0.6) is 5.75 Å². The number of nitrogens with zero attached hydrogens (tertiary/aromatic N) is 2. The summed E-state index contributed by atoms with van der Waals surface area (Å²) in [4.78, 5) is 19.2. The van der Waals surface area contributed by atoms with Crippen molar-refractivity contribution in [3.63, 3.8) is 0 Å². The number of amides is 1. The molecule has 3 rings (SSSR count). The van der Waals surface area contributed by atoms with E-state index in [1.54, 1.807) is 13.2 Å². The molecule has 0 bridgehead atoms. The molecule has 1 fully saturated rings. The van der Waals surface area contributed by atoms with Crippen molar-refractivity contribution in [3.8, 4) is 5.75 Å². The number of benzene rings is 1. The summed E-state index contributed by atoms with van der Waals surface area (Å²) in [7, 11) is 1.69. The van der Waals surface area contributed by atoms with E-state index in [0.29, 0.717) is 12.2 Å². The van der Waals surface area contributed by atoms with Crippen LogP contribution in [0.25, 0.3) is 0 Å². The number of carbonyl (C=O) groups is 1. The lowest BCUT2D eigenvalue weighted by Crippen LogP contribution is -2.37. The Morgan fingerprint density at radius 2 is 1.96 bits per heavy atom. The number of aromatic nitrogens is 1. The molecule has 25 heavy (non-hydrogen) atoms. The molecule has 2 heterocycles. The molecule has 1 aromatic heterocycles. The summed E-state index contributed by atoms with van der Waals surface area (Å²) >= 11 is 0. The van der Waals surface area contributed by atoms with Gasteiger partial charge in [-0.3, -0.25) is 9.69 Å². The third-order valence-corrected chi connectivity index (χ3v) is 4.66. The van der Waals surface area contributed by atoms with E-state index in [2.05, 4.69) is 21.3 Å². The molecule has 1 aromatic carbocycles. The third-order valence-electron chi connectivity index (χ3n) is 4.66. The predicted molar refractivity (Wildman–Crippen MR) is 97.8 cm³/mol. The van der Waals surface area contributed by atoms with Gasteiger partial charge < -0.3 is 10.1 Å². The van der Waals surface area contributed by atoms with Crippen molar-refractivity contribution in [2.24, 2.45) is 0 Å². The van der Waals surface area contributed by atoms with Gasteiger partial charge in [-0.15, -0.1) is 0 Å². The minimum atomic E-state index is -0.136. The van der Waals surface area contributed by atoms with E-state index in [4.69, 9.17) is 4.74 Å². The first-order valence-electron chi connectivity index (χ1n) is 8.78. The molecule has 0 radical (unpaired) electrons. The Kier molecular flexibility index (Phi) is 5.66. The van der Waals surface area contributed by atoms with Gasteiger partial charge in [0.2, 0.25) is 0 Å². The molecule has 1 saturated heterocycles. The minimum absolute atomic E-state index is 0.104. The van der Waals surface area contributed by atoms with Crippen LogP contribution in [0.15, 0.2) is 42.5 Å². The Morgan fingerprint density at radius 3 is 2.68 bits per heavy atom. The molecule has 0 aliphatic carbocycles. The van der Waals surface area contributed by atoms with Gasteiger partial charge in [0, 0.05) is 17.8 Å². The van der Waals surface area contributed by atoms with Gasteiger partial charge in [0.1, 0.15) is 11.4 Å². The lowest BCUT2D eigenvalue weighted by atomic mass is 10.0. The molecule has 1 amide bonds.